The second-order valence-electron chi connectivity index (χ2n) is 7.29. The molecular weight excluding hydrogens is 385 g/mol. The Kier molecular flexibility index (Phi) is 4.89. The molecule has 0 amide bonds. The third kappa shape index (κ3) is 3.64. The number of rotatable bonds is 4. The lowest BCUT2D eigenvalue weighted by atomic mass is 10.0. The van der Waals surface area contributed by atoms with Crippen LogP contribution in [-0.4, -0.2) is 40.0 Å². The minimum atomic E-state index is -1.24. The molecule has 0 aliphatic carbocycles. The summed E-state index contributed by atoms with van der Waals surface area (Å²) in [5, 5.41) is 7.42. The zero-order valence-electron chi connectivity index (χ0n) is 15.8. The Morgan fingerprint density at radius 1 is 1.31 bits per heavy atom. The minimum Gasteiger partial charge on any atom is -0.459 e. The predicted molar refractivity (Wildman–Crippen MR) is 100 cm³/mol. The van der Waals surface area contributed by atoms with E-state index in [2.05, 4.69) is 15.2 Å². The molecule has 6 nitrogen and oxygen atoms in total. The molecule has 1 aliphatic rings. The van der Waals surface area contributed by atoms with E-state index < -0.39 is 29.8 Å². The lowest BCUT2D eigenvalue weighted by molar-refractivity contribution is 0.0377. The molecule has 1 aliphatic heterocycles. The molecule has 1 N–H and O–H groups in total. The number of pyridine rings is 1. The second kappa shape index (κ2) is 7.38. The number of carbonyl (C=O) groups is 1. The van der Waals surface area contributed by atoms with Crippen LogP contribution in [0.1, 0.15) is 42.2 Å². The maximum Gasteiger partial charge on any atom is 0.339 e. The average molecular weight is 404 g/mol. The van der Waals surface area contributed by atoms with Gasteiger partial charge in [0.1, 0.15) is 17.8 Å². The van der Waals surface area contributed by atoms with Gasteiger partial charge >= 0.3 is 5.97 Å². The van der Waals surface area contributed by atoms with E-state index in [1.165, 1.54) is 6.20 Å². The smallest absolute Gasteiger partial charge is 0.339 e. The van der Waals surface area contributed by atoms with E-state index in [-0.39, 0.29) is 30.2 Å². The number of carbonyl (C=O) groups excluding carboxylic acids is 1. The van der Waals surface area contributed by atoms with Crippen LogP contribution in [0.25, 0.3) is 11.0 Å². The molecule has 2 aromatic heterocycles. The van der Waals surface area contributed by atoms with E-state index in [1.54, 1.807) is 24.8 Å². The number of hydrogen-bond acceptors (Lipinski definition) is 5. The van der Waals surface area contributed by atoms with Crippen molar-refractivity contribution in [3.05, 3.63) is 53.2 Å². The average Bonchev–Trinajstić information content (AvgIpc) is 3.25. The molecule has 3 aromatic rings. The van der Waals surface area contributed by atoms with Crippen molar-refractivity contribution in [2.45, 2.75) is 38.6 Å². The Bertz CT molecular complexity index is 1070. The summed E-state index contributed by atoms with van der Waals surface area (Å²) in [6, 6.07) is 3.93. The summed E-state index contributed by atoms with van der Waals surface area (Å²) in [4.78, 5) is 18.0. The quantitative estimate of drug-likeness (QED) is 0.664. The highest BCUT2D eigenvalue weighted by molar-refractivity contribution is 5.96. The van der Waals surface area contributed by atoms with Gasteiger partial charge in [-0.15, -0.1) is 0 Å². The van der Waals surface area contributed by atoms with Crippen LogP contribution in [0, 0.1) is 11.6 Å². The summed E-state index contributed by atoms with van der Waals surface area (Å²) in [7, 11) is 0. The van der Waals surface area contributed by atoms with E-state index in [1.807, 2.05) is 0 Å². The van der Waals surface area contributed by atoms with Gasteiger partial charge in [0.25, 0.3) is 0 Å². The van der Waals surface area contributed by atoms with Gasteiger partial charge in [0.15, 0.2) is 11.5 Å². The van der Waals surface area contributed by atoms with Crippen LogP contribution in [0.2, 0.25) is 0 Å². The Balaban J connectivity index is 1.76. The number of ether oxygens (including phenoxy) is 1. The first-order valence-corrected chi connectivity index (χ1v) is 9.24. The summed E-state index contributed by atoms with van der Waals surface area (Å²) in [6.07, 6.45) is -0.178. The molecule has 0 saturated carbocycles. The number of halogens is 3. The van der Waals surface area contributed by atoms with Gasteiger partial charge in [-0.1, -0.05) is 0 Å². The fraction of sp³-hybridized carbons (Fsp3) is 0.350. The first-order chi connectivity index (χ1) is 13.8. The first kappa shape index (κ1) is 19.2. The highest BCUT2D eigenvalue weighted by Crippen LogP contribution is 2.40. The summed E-state index contributed by atoms with van der Waals surface area (Å²) in [5.41, 5.74) is 0.671. The van der Waals surface area contributed by atoms with E-state index in [0.717, 1.165) is 18.2 Å². The monoisotopic (exact) mass is 404 g/mol. The lowest BCUT2D eigenvalue weighted by Gasteiger charge is -2.25. The predicted octanol–water partition coefficient (Wildman–Crippen LogP) is 4.09. The Labute approximate surface area is 164 Å². The van der Waals surface area contributed by atoms with Crippen molar-refractivity contribution >= 4 is 22.8 Å². The zero-order valence-corrected chi connectivity index (χ0v) is 15.8. The summed E-state index contributed by atoms with van der Waals surface area (Å²) >= 11 is 0. The largest absolute Gasteiger partial charge is 0.459 e. The zero-order chi connectivity index (χ0) is 20.7. The molecule has 3 heterocycles. The summed E-state index contributed by atoms with van der Waals surface area (Å²) < 4.78 is 47.5. The first-order valence-electron chi connectivity index (χ1n) is 9.24. The number of esters is 1. The molecule has 152 valence electrons. The van der Waals surface area contributed by atoms with Crippen LogP contribution in [0.3, 0.4) is 0 Å². The van der Waals surface area contributed by atoms with Crippen LogP contribution in [0.15, 0.2) is 30.5 Å². The highest BCUT2D eigenvalue weighted by atomic mass is 19.1. The van der Waals surface area contributed by atoms with Crippen molar-refractivity contribution in [3.8, 4) is 0 Å². The standard InChI is InChI=1S/C20H19F3N4O2/c1-10(2)29-20(28)11-5-15-18(24-8-11)25-26-19(15)27-9-13(22)7-17(27)14-6-12(21)3-4-16(14)23/h3-6,8,10,13,17H,7,9H2,1-2H3,(H,24,25,26)/t13-,17+/m0/s1. The van der Waals surface area contributed by atoms with Crippen LogP contribution in [0.5, 0.6) is 0 Å². The number of H-pyrrole nitrogens is 1. The fourth-order valence-corrected chi connectivity index (χ4v) is 3.59. The Morgan fingerprint density at radius 3 is 2.86 bits per heavy atom. The summed E-state index contributed by atoms with van der Waals surface area (Å²) in [6.45, 7) is 3.43. The maximum atomic E-state index is 14.4. The Morgan fingerprint density at radius 2 is 2.10 bits per heavy atom. The molecule has 1 fully saturated rings. The Hall–Kier alpha value is -3.10. The molecule has 29 heavy (non-hydrogen) atoms. The van der Waals surface area contributed by atoms with Gasteiger partial charge in [-0.3, -0.25) is 5.10 Å². The van der Waals surface area contributed by atoms with E-state index in [0.29, 0.717) is 16.9 Å². The number of nitrogens with zero attached hydrogens (tertiary/aromatic N) is 3. The summed E-state index contributed by atoms with van der Waals surface area (Å²) in [5.74, 6) is -1.44. The fourth-order valence-electron chi connectivity index (χ4n) is 3.59. The van der Waals surface area contributed by atoms with Gasteiger partial charge in [-0.25, -0.2) is 22.9 Å². The van der Waals surface area contributed by atoms with E-state index in [4.69, 9.17) is 4.74 Å². The van der Waals surface area contributed by atoms with Crippen molar-refractivity contribution in [1.29, 1.82) is 0 Å². The van der Waals surface area contributed by atoms with Gasteiger partial charge in [0.2, 0.25) is 0 Å². The molecule has 4 rings (SSSR count). The van der Waals surface area contributed by atoms with Crippen molar-refractivity contribution in [3.63, 3.8) is 0 Å². The highest BCUT2D eigenvalue weighted by Gasteiger charge is 2.37. The van der Waals surface area contributed by atoms with Gasteiger partial charge in [-0.05, 0) is 38.1 Å². The van der Waals surface area contributed by atoms with Crippen molar-refractivity contribution in [2.75, 3.05) is 11.4 Å². The van der Waals surface area contributed by atoms with E-state index >= 15 is 0 Å². The number of anilines is 1. The van der Waals surface area contributed by atoms with Crippen LogP contribution < -0.4 is 4.90 Å². The van der Waals surface area contributed by atoms with Crippen LogP contribution >= 0.6 is 0 Å². The second-order valence-corrected chi connectivity index (χ2v) is 7.29. The normalized spacial score (nSPS) is 19.3. The van der Waals surface area contributed by atoms with Crippen LogP contribution in [0.4, 0.5) is 19.0 Å². The SMILES string of the molecule is CC(C)OC(=O)c1cnc2[nH]nc(N3C[C@@H](F)C[C@@H]3c3cc(F)ccc3F)c2c1. The molecule has 2 atom stereocenters. The number of hydrogen-bond donors (Lipinski definition) is 1. The molecule has 9 heteroatoms. The van der Waals surface area contributed by atoms with Gasteiger partial charge in [0.05, 0.1) is 29.6 Å². The number of alkyl halides is 1. The molecule has 0 spiro atoms. The number of fused-ring (bicyclic) bond motifs is 1. The number of aromatic nitrogens is 3. The van der Waals surface area contributed by atoms with Crippen molar-refractivity contribution < 1.29 is 22.7 Å². The van der Waals surface area contributed by atoms with Crippen molar-refractivity contribution in [2.24, 2.45) is 0 Å². The molecular formula is C20H19F3N4O2. The van der Waals surface area contributed by atoms with Crippen molar-refractivity contribution in [1.82, 2.24) is 15.2 Å². The third-order valence-corrected chi connectivity index (χ3v) is 4.81. The van der Waals surface area contributed by atoms with Gasteiger partial charge < -0.3 is 9.64 Å². The number of nitrogens with one attached hydrogen (secondary N) is 1. The van der Waals surface area contributed by atoms with E-state index in [9.17, 15) is 18.0 Å². The molecule has 0 radical (unpaired) electrons. The molecule has 1 aromatic carbocycles. The maximum absolute atomic E-state index is 14.4. The minimum absolute atomic E-state index is 0.00274. The van der Waals surface area contributed by atoms with Gasteiger partial charge in [0, 0.05) is 18.2 Å². The number of aromatic amines is 1. The molecule has 0 bridgehead atoms. The number of benzene rings is 1. The van der Waals surface area contributed by atoms with Gasteiger partial charge in [-0.2, -0.15) is 5.10 Å². The lowest BCUT2D eigenvalue weighted by Crippen LogP contribution is -2.25. The molecule has 1 saturated heterocycles. The topological polar surface area (TPSA) is 71.1 Å². The third-order valence-electron chi connectivity index (χ3n) is 4.81. The van der Waals surface area contributed by atoms with Crippen LogP contribution in [-0.2, 0) is 4.74 Å². The molecule has 0 unspecified atom stereocenters.